The van der Waals surface area contributed by atoms with Crippen LogP contribution in [0.2, 0.25) is 0 Å². The number of nitrogens with zero attached hydrogens (tertiary/aromatic N) is 1. The molecule has 0 bridgehead atoms. The van der Waals surface area contributed by atoms with Crippen molar-refractivity contribution < 1.29 is 9.53 Å². The maximum absolute atomic E-state index is 11.9. The van der Waals surface area contributed by atoms with Gasteiger partial charge in [0.2, 0.25) is 0 Å². The van der Waals surface area contributed by atoms with Gasteiger partial charge in [0.1, 0.15) is 5.75 Å². The van der Waals surface area contributed by atoms with Crippen LogP contribution in [-0.4, -0.2) is 30.2 Å². The van der Waals surface area contributed by atoms with Crippen LogP contribution in [0.15, 0.2) is 53.6 Å². The van der Waals surface area contributed by atoms with E-state index in [1.54, 1.807) is 6.21 Å². The molecule has 142 valence electrons. The molecule has 1 saturated heterocycles. The molecule has 2 aromatic rings. The molecule has 1 aliphatic rings. The van der Waals surface area contributed by atoms with Gasteiger partial charge in [0.15, 0.2) is 6.61 Å². The van der Waals surface area contributed by atoms with Crippen molar-refractivity contribution in [1.82, 2.24) is 5.43 Å². The number of carbonyl (C=O) groups excluding carboxylic acids is 1. The van der Waals surface area contributed by atoms with Crippen LogP contribution < -0.4 is 10.2 Å². The number of amides is 1. The minimum Gasteiger partial charge on any atom is -0.484 e. The first kappa shape index (κ1) is 19.8. The summed E-state index contributed by atoms with van der Waals surface area (Å²) in [7, 11) is 0. The minimum absolute atomic E-state index is 0.0596. The zero-order valence-corrected chi connectivity index (χ0v) is 17.2. The first-order valence-electron chi connectivity index (χ1n) is 8.99. The second kappa shape index (κ2) is 9.85. The molecule has 27 heavy (non-hydrogen) atoms. The van der Waals surface area contributed by atoms with E-state index in [-0.39, 0.29) is 12.5 Å². The van der Waals surface area contributed by atoms with E-state index < -0.39 is 0 Å². The van der Waals surface area contributed by atoms with Crippen LogP contribution in [0.4, 0.5) is 0 Å². The Morgan fingerprint density at radius 1 is 1.15 bits per heavy atom. The molecule has 1 heterocycles. The fourth-order valence-corrected chi connectivity index (χ4v) is 5.46. The number of nitrogens with one attached hydrogen (secondary N) is 1. The molecule has 0 spiro atoms. The third kappa shape index (κ3) is 6.04. The topological polar surface area (TPSA) is 50.7 Å². The maximum Gasteiger partial charge on any atom is 0.277 e. The number of hydrogen-bond donors (Lipinski definition) is 1. The fraction of sp³-hybridized carbons (Fsp3) is 0.333. The van der Waals surface area contributed by atoms with Gasteiger partial charge in [-0.25, -0.2) is 5.43 Å². The molecule has 0 aromatic heterocycles. The summed E-state index contributed by atoms with van der Waals surface area (Å²) in [6.07, 6.45) is 1.63. The Morgan fingerprint density at radius 3 is 2.44 bits per heavy atom. The summed E-state index contributed by atoms with van der Waals surface area (Å²) in [4.78, 5) is 11.9. The summed E-state index contributed by atoms with van der Waals surface area (Å²) in [6.45, 7) is 4.25. The Bertz CT molecular complexity index is 768. The predicted molar refractivity (Wildman–Crippen MR) is 116 cm³/mol. The Morgan fingerprint density at radius 2 is 1.81 bits per heavy atom. The van der Waals surface area contributed by atoms with E-state index in [2.05, 4.69) is 48.6 Å². The first-order valence-corrected chi connectivity index (χ1v) is 11.1. The third-order valence-corrected chi connectivity index (χ3v) is 7.25. The second-order valence-corrected chi connectivity index (χ2v) is 9.27. The zero-order valence-electron chi connectivity index (χ0n) is 15.6. The highest BCUT2D eigenvalue weighted by molar-refractivity contribution is 8.19. The van der Waals surface area contributed by atoms with E-state index in [0.717, 1.165) is 5.56 Å². The van der Waals surface area contributed by atoms with Crippen LogP contribution in [0.1, 0.15) is 41.0 Å². The number of benzene rings is 2. The molecule has 3 rings (SSSR count). The summed E-state index contributed by atoms with van der Waals surface area (Å²) < 4.78 is 6.05. The van der Waals surface area contributed by atoms with Crippen LogP contribution in [0.3, 0.4) is 0 Å². The lowest BCUT2D eigenvalue weighted by atomic mass is 10.0. The van der Waals surface area contributed by atoms with Crippen LogP contribution in [0.25, 0.3) is 0 Å². The molecule has 0 radical (unpaired) electrons. The number of thioether (sulfide) groups is 2. The van der Waals surface area contributed by atoms with Gasteiger partial charge in [0, 0.05) is 11.5 Å². The molecule has 0 saturated carbocycles. The van der Waals surface area contributed by atoms with E-state index in [9.17, 15) is 4.79 Å². The van der Waals surface area contributed by atoms with E-state index >= 15 is 0 Å². The molecule has 1 amide bonds. The van der Waals surface area contributed by atoms with Gasteiger partial charge in [-0.2, -0.15) is 5.10 Å². The second-order valence-electron chi connectivity index (χ2n) is 6.55. The Hall–Kier alpha value is -1.92. The highest BCUT2D eigenvalue weighted by atomic mass is 32.2. The molecule has 1 N–H and O–H groups in total. The average molecular weight is 401 g/mol. The smallest absolute Gasteiger partial charge is 0.277 e. The van der Waals surface area contributed by atoms with Crippen molar-refractivity contribution in [1.29, 1.82) is 0 Å². The minimum atomic E-state index is -0.281. The van der Waals surface area contributed by atoms with Crippen molar-refractivity contribution in [3.63, 3.8) is 0 Å². The zero-order chi connectivity index (χ0) is 19.1. The highest BCUT2D eigenvalue weighted by Crippen LogP contribution is 2.45. The van der Waals surface area contributed by atoms with E-state index in [4.69, 9.17) is 4.74 Å². The number of rotatable bonds is 7. The van der Waals surface area contributed by atoms with Gasteiger partial charge in [-0.3, -0.25) is 4.79 Å². The molecule has 0 aliphatic carbocycles. The van der Waals surface area contributed by atoms with Crippen molar-refractivity contribution in [2.24, 2.45) is 5.10 Å². The molecule has 1 fully saturated rings. The van der Waals surface area contributed by atoms with Gasteiger partial charge in [-0.05, 0) is 34.7 Å². The number of hydrogen-bond acceptors (Lipinski definition) is 5. The molecule has 0 unspecified atom stereocenters. The van der Waals surface area contributed by atoms with Crippen LogP contribution in [0.5, 0.6) is 5.75 Å². The summed E-state index contributed by atoms with van der Waals surface area (Å²) in [5.74, 6) is 3.32. The van der Waals surface area contributed by atoms with Gasteiger partial charge in [-0.1, -0.05) is 50.2 Å². The standard InChI is InChI=1S/C21H24N2O2S2/c1-15(2)17-5-3-16(4-6-17)13-22-23-20(24)14-25-19-9-7-18(8-10-19)21-26-11-12-27-21/h3-10,13,15,21H,11-12,14H2,1-2H3,(H,23,24)/b22-13-. The van der Waals surface area contributed by atoms with E-state index in [0.29, 0.717) is 16.2 Å². The Labute approximate surface area is 169 Å². The van der Waals surface area contributed by atoms with E-state index in [1.165, 1.54) is 22.6 Å². The monoisotopic (exact) mass is 400 g/mol. The summed E-state index contributed by atoms with van der Waals surface area (Å²) in [5.41, 5.74) is 6.01. The van der Waals surface area contributed by atoms with Crippen LogP contribution >= 0.6 is 23.5 Å². The summed E-state index contributed by atoms with van der Waals surface area (Å²) in [6, 6.07) is 16.1. The quantitative estimate of drug-likeness (QED) is 0.535. The third-order valence-electron chi connectivity index (χ3n) is 4.15. The molecular formula is C21H24N2O2S2. The molecule has 6 heteroatoms. The number of ether oxygens (including phenoxy) is 1. The normalized spacial score (nSPS) is 14.8. The highest BCUT2D eigenvalue weighted by Gasteiger charge is 2.17. The molecular weight excluding hydrogens is 376 g/mol. The SMILES string of the molecule is CC(C)c1ccc(/C=N\NC(=O)COc2ccc(C3SCCS3)cc2)cc1. The number of hydrazone groups is 1. The van der Waals surface area contributed by atoms with Crippen molar-refractivity contribution in [3.8, 4) is 5.75 Å². The van der Waals surface area contributed by atoms with Gasteiger partial charge < -0.3 is 4.74 Å². The van der Waals surface area contributed by atoms with Gasteiger partial charge in [0.25, 0.3) is 5.91 Å². The lowest BCUT2D eigenvalue weighted by molar-refractivity contribution is -0.123. The van der Waals surface area contributed by atoms with Crippen molar-refractivity contribution in [2.45, 2.75) is 24.3 Å². The fourth-order valence-electron chi connectivity index (χ4n) is 2.60. The maximum atomic E-state index is 11.9. The van der Waals surface area contributed by atoms with Crippen LogP contribution in [-0.2, 0) is 4.79 Å². The molecule has 4 nitrogen and oxygen atoms in total. The number of carbonyl (C=O) groups is 1. The summed E-state index contributed by atoms with van der Waals surface area (Å²) in [5, 5.41) is 3.98. The van der Waals surface area contributed by atoms with E-state index in [1.807, 2.05) is 47.8 Å². The first-order chi connectivity index (χ1) is 13.1. The van der Waals surface area contributed by atoms with Crippen molar-refractivity contribution in [3.05, 3.63) is 65.2 Å². The molecule has 2 aromatic carbocycles. The van der Waals surface area contributed by atoms with Crippen molar-refractivity contribution in [2.75, 3.05) is 18.1 Å². The van der Waals surface area contributed by atoms with Gasteiger partial charge in [0.05, 0.1) is 10.8 Å². The molecule has 1 aliphatic heterocycles. The molecule has 0 atom stereocenters. The summed E-state index contributed by atoms with van der Waals surface area (Å²) >= 11 is 3.94. The average Bonchev–Trinajstić information content (AvgIpc) is 3.22. The largest absolute Gasteiger partial charge is 0.484 e. The van der Waals surface area contributed by atoms with Crippen molar-refractivity contribution >= 4 is 35.6 Å². The lowest BCUT2D eigenvalue weighted by Crippen LogP contribution is -2.24. The lowest BCUT2D eigenvalue weighted by Gasteiger charge is -2.10. The van der Waals surface area contributed by atoms with Gasteiger partial charge in [-0.15, -0.1) is 23.5 Å². The predicted octanol–water partition coefficient (Wildman–Crippen LogP) is 4.82. The van der Waals surface area contributed by atoms with Gasteiger partial charge >= 0.3 is 0 Å². The Balaban J connectivity index is 1.42. The Kier molecular flexibility index (Phi) is 7.24. The van der Waals surface area contributed by atoms with Crippen LogP contribution in [0, 0.1) is 0 Å².